The van der Waals surface area contributed by atoms with E-state index in [4.69, 9.17) is 11.5 Å². The molecule has 0 saturated heterocycles. The molecule has 78 valence electrons. The summed E-state index contributed by atoms with van der Waals surface area (Å²) in [6.07, 6.45) is 0.947. The third kappa shape index (κ3) is 3.01. The van der Waals surface area contributed by atoms with Crippen LogP contribution in [0.25, 0.3) is 0 Å². The van der Waals surface area contributed by atoms with Crippen molar-refractivity contribution >= 4 is 5.69 Å². The van der Waals surface area contributed by atoms with E-state index in [9.17, 15) is 0 Å². The van der Waals surface area contributed by atoms with Crippen LogP contribution in [0.3, 0.4) is 0 Å². The molecule has 5 N–H and O–H groups in total. The van der Waals surface area contributed by atoms with Gasteiger partial charge in [-0.1, -0.05) is 6.07 Å². The molecule has 3 heteroatoms. The van der Waals surface area contributed by atoms with Crippen molar-refractivity contribution in [2.45, 2.75) is 13.3 Å². The minimum atomic E-state index is 0.656. The Morgan fingerprint density at radius 1 is 1.21 bits per heavy atom. The lowest BCUT2D eigenvalue weighted by Gasteiger charge is -2.09. The molecule has 0 amide bonds. The SMILES string of the molecule is Cc1cc(NCCN)ccc1CCN. The van der Waals surface area contributed by atoms with Gasteiger partial charge >= 0.3 is 0 Å². The summed E-state index contributed by atoms with van der Waals surface area (Å²) in [5, 5.41) is 3.25. The summed E-state index contributed by atoms with van der Waals surface area (Å²) >= 11 is 0. The summed E-state index contributed by atoms with van der Waals surface area (Å²) in [7, 11) is 0. The summed E-state index contributed by atoms with van der Waals surface area (Å²) < 4.78 is 0. The molecule has 0 fully saturated rings. The van der Waals surface area contributed by atoms with Crippen molar-refractivity contribution in [3.8, 4) is 0 Å². The van der Waals surface area contributed by atoms with Crippen LogP contribution >= 0.6 is 0 Å². The molecule has 0 radical (unpaired) electrons. The fourth-order valence-corrected chi connectivity index (χ4v) is 1.46. The summed E-state index contributed by atoms with van der Waals surface area (Å²) in [5.74, 6) is 0. The van der Waals surface area contributed by atoms with Crippen molar-refractivity contribution in [1.82, 2.24) is 0 Å². The van der Waals surface area contributed by atoms with Gasteiger partial charge in [0.1, 0.15) is 0 Å². The fourth-order valence-electron chi connectivity index (χ4n) is 1.46. The van der Waals surface area contributed by atoms with Gasteiger partial charge in [0.25, 0.3) is 0 Å². The van der Waals surface area contributed by atoms with Gasteiger partial charge in [0, 0.05) is 18.8 Å². The first-order chi connectivity index (χ1) is 6.77. The smallest absolute Gasteiger partial charge is 0.0343 e. The first-order valence-corrected chi connectivity index (χ1v) is 5.01. The zero-order valence-corrected chi connectivity index (χ0v) is 8.72. The average molecular weight is 193 g/mol. The van der Waals surface area contributed by atoms with Crippen LogP contribution in [-0.4, -0.2) is 19.6 Å². The van der Waals surface area contributed by atoms with Crippen LogP contribution in [0.2, 0.25) is 0 Å². The molecule has 0 aliphatic heterocycles. The summed E-state index contributed by atoms with van der Waals surface area (Å²) in [6, 6.07) is 6.34. The van der Waals surface area contributed by atoms with Crippen molar-refractivity contribution in [2.75, 3.05) is 25.0 Å². The predicted molar refractivity (Wildman–Crippen MR) is 61.5 cm³/mol. The Hall–Kier alpha value is -1.06. The van der Waals surface area contributed by atoms with E-state index in [2.05, 4.69) is 30.4 Å². The monoisotopic (exact) mass is 193 g/mol. The molecule has 0 saturated carbocycles. The van der Waals surface area contributed by atoms with Crippen LogP contribution in [0.5, 0.6) is 0 Å². The Balaban J connectivity index is 2.68. The number of rotatable bonds is 5. The fraction of sp³-hybridized carbons (Fsp3) is 0.455. The molecule has 3 nitrogen and oxygen atoms in total. The largest absolute Gasteiger partial charge is 0.384 e. The van der Waals surface area contributed by atoms with E-state index in [1.165, 1.54) is 11.1 Å². The molecule has 1 aromatic rings. The Bertz CT molecular complexity index is 284. The molecule has 0 atom stereocenters. The molecular formula is C11H19N3. The van der Waals surface area contributed by atoms with E-state index in [-0.39, 0.29) is 0 Å². The number of nitrogens with two attached hydrogens (primary N) is 2. The summed E-state index contributed by atoms with van der Waals surface area (Å²) in [4.78, 5) is 0. The molecule has 0 aromatic heterocycles. The lowest BCUT2D eigenvalue weighted by Crippen LogP contribution is -2.13. The number of aryl methyl sites for hydroxylation is 1. The third-order valence-corrected chi connectivity index (χ3v) is 2.23. The second kappa shape index (κ2) is 5.62. The van der Waals surface area contributed by atoms with E-state index in [1.807, 2.05) is 0 Å². The number of hydrogen-bond acceptors (Lipinski definition) is 3. The van der Waals surface area contributed by atoms with Gasteiger partial charge in [0.2, 0.25) is 0 Å². The van der Waals surface area contributed by atoms with Crippen LogP contribution in [0, 0.1) is 6.92 Å². The maximum atomic E-state index is 5.52. The van der Waals surface area contributed by atoms with Gasteiger partial charge in [0.05, 0.1) is 0 Å². The Morgan fingerprint density at radius 3 is 2.57 bits per heavy atom. The van der Waals surface area contributed by atoms with Crippen LogP contribution in [0.4, 0.5) is 5.69 Å². The molecule has 0 heterocycles. The number of benzene rings is 1. The van der Waals surface area contributed by atoms with Crippen LogP contribution in [0.1, 0.15) is 11.1 Å². The van der Waals surface area contributed by atoms with Crippen LogP contribution < -0.4 is 16.8 Å². The zero-order valence-electron chi connectivity index (χ0n) is 8.72. The van der Waals surface area contributed by atoms with Gasteiger partial charge < -0.3 is 16.8 Å². The van der Waals surface area contributed by atoms with Crippen LogP contribution in [0.15, 0.2) is 18.2 Å². The minimum Gasteiger partial charge on any atom is -0.384 e. The second-order valence-corrected chi connectivity index (χ2v) is 3.40. The molecule has 1 rings (SSSR count). The zero-order chi connectivity index (χ0) is 10.4. The van der Waals surface area contributed by atoms with Crippen molar-refractivity contribution < 1.29 is 0 Å². The van der Waals surface area contributed by atoms with Crippen molar-refractivity contribution in [3.63, 3.8) is 0 Å². The van der Waals surface area contributed by atoms with Crippen LogP contribution in [-0.2, 0) is 6.42 Å². The summed E-state index contributed by atoms with van der Waals surface area (Å²) in [6.45, 7) is 4.29. The highest BCUT2D eigenvalue weighted by Crippen LogP contribution is 2.14. The quantitative estimate of drug-likeness (QED) is 0.650. The normalized spacial score (nSPS) is 10.2. The molecule has 14 heavy (non-hydrogen) atoms. The van der Waals surface area contributed by atoms with Crippen molar-refractivity contribution in [3.05, 3.63) is 29.3 Å². The molecule has 0 aliphatic carbocycles. The van der Waals surface area contributed by atoms with E-state index in [1.54, 1.807) is 0 Å². The highest BCUT2D eigenvalue weighted by atomic mass is 14.9. The molecule has 0 bridgehead atoms. The molecular weight excluding hydrogens is 174 g/mol. The highest BCUT2D eigenvalue weighted by molar-refractivity contribution is 5.48. The maximum Gasteiger partial charge on any atom is 0.0343 e. The second-order valence-electron chi connectivity index (χ2n) is 3.40. The average Bonchev–Trinajstić information content (AvgIpc) is 2.19. The van der Waals surface area contributed by atoms with Gasteiger partial charge in [-0.3, -0.25) is 0 Å². The molecule has 0 spiro atoms. The van der Waals surface area contributed by atoms with Crippen molar-refractivity contribution in [1.29, 1.82) is 0 Å². The Morgan fingerprint density at radius 2 is 2.00 bits per heavy atom. The van der Waals surface area contributed by atoms with Gasteiger partial charge in [-0.05, 0) is 43.1 Å². The number of anilines is 1. The van der Waals surface area contributed by atoms with Gasteiger partial charge in [-0.15, -0.1) is 0 Å². The van der Waals surface area contributed by atoms with Crippen molar-refractivity contribution in [2.24, 2.45) is 11.5 Å². The molecule has 0 unspecified atom stereocenters. The molecule has 0 aliphatic rings. The standard InChI is InChI=1S/C11H19N3/c1-9-8-11(14-7-6-13)3-2-10(9)4-5-12/h2-3,8,14H,4-7,12-13H2,1H3. The van der Waals surface area contributed by atoms with E-state index >= 15 is 0 Å². The lowest BCUT2D eigenvalue weighted by atomic mass is 10.1. The number of nitrogens with one attached hydrogen (secondary N) is 1. The lowest BCUT2D eigenvalue weighted by molar-refractivity contribution is 0.957. The Labute approximate surface area is 85.5 Å². The van der Waals surface area contributed by atoms with E-state index in [0.29, 0.717) is 13.1 Å². The topological polar surface area (TPSA) is 64.1 Å². The van der Waals surface area contributed by atoms with E-state index in [0.717, 1.165) is 18.7 Å². The van der Waals surface area contributed by atoms with Gasteiger partial charge in [0.15, 0.2) is 0 Å². The first kappa shape index (κ1) is 11.0. The predicted octanol–water partition coefficient (Wildman–Crippen LogP) is 0.867. The molecule has 1 aromatic carbocycles. The Kier molecular flexibility index (Phi) is 4.43. The number of hydrogen-bond donors (Lipinski definition) is 3. The van der Waals surface area contributed by atoms with Gasteiger partial charge in [-0.25, -0.2) is 0 Å². The van der Waals surface area contributed by atoms with E-state index < -0.39 is 0 Å². The summed E-state index contributed by atoms with van der Waals surface area (Å²) in [5.41, 5.74) is 14.7. The third-order valence-electron chi connectivity index (χ3n) is 2.23. The highest BCUT2D eigenvalue weighted by Gasteiger charge is 1.98. The first-order valence-electron chi connectivity index (χ1n) is 5.01. The maximum absolute atomic E-state index is 5.52. The van der Waals surface area contributed by atoms with Gasteiger partial charge in [-0.2, -0.15) is 0 Å². The minimum absolute atomic E-state index is 0.656.